The summed E-state index contributed by atoms with van der Waals surface area (Å²) in [6.07, 6.45) is 0. The van der Waals surface area contributed by atoms with Crippen LogP contribution < -0.4 is 11.5 Å². The molecule has 0 saturated heterocycles. The molecule has 0 atom stereocenters. The molecule has 2 rings (SSSR count). The van der Waals surface area contributed by atoms with Crippen molar-refractivity contribution in [2.45, 2.75) is 4.90 Å². The number of benzene rings is 2. The molecule has 2 aromatic rings. The van der Waals surface area contributed by atoms with Gasteiger partial charge in [-0.3, -0.25) is 0 Å². The third-order valence-electron chi connectivity index (χ3n) is 2.32. The highest BCUT2D eigenvalue weighted by Crippen LogP contribution is 2.35. The van der Waals surface area contributed by atoms with Crippen molar-refractivity contribution in [2.75, 3.05) is 11.5 Å². The van der Waals surface area contributed by atoms with Crippen LogP contribution in [0.15, 0.2) is 35.2 Å². The maximum absolute atomic E-state index is 11.4. The lowest BCUT2D eigenvalue weighted by molar-refractivity contribution is 0.610. The summed E-state index contributed by atoms with van der Waals surface area (Å²) < 4.78 is 22.9. The van der Waals surface area contributed by atoms with Crippen LogP contribution in [-0.4, -0.2) is 8.42 Å². The second-order valence-corrected chi connectivity index (χ2v) is 5.87. The van der Waals surface area contributed by atoms with Gasteiger partial charge in [0.25, 0.3) is 9.05 Å². The Kier molecular flexibility index (Phi) is 2.44. The lowest BCUT2D eigenvalue weighted by atomic mass is 10.1. The molecule has 6 heteroatoms. The fourth-order valence-corrected chi connectivity index (χ4v) is 2.94. The van der Waals surface area contributed by atoms with Crippen LogP contribution in [0.4, 0.5) is 11.4 Å². The molecule has 2 aromatic carbocycles. The van der Waals surface area contributed by atoms with Crippen molar-refractivity contribution in [2.24, 2.45) is 0 Å². The minimum atomic E-state index is -3.92. The van der Waals surface area contributed by atoms with Gasteiger partial charge in [-0.05, 0) is 11.5 Å². The van der Waals surface area contributed by atoms with Gasteiger partial charge in [0, 0.05) is 16.1 Å². The number of rotatable bonds is 1. The van der Waals surface area contributed by atoms with Crippen LogP contribution in [0.3, 0.4) is 0 Å². The van der Waals surface area contributed by atoms with Gasteiger partial charge in [-0.15, -0.1) is 0 Å². The normalized spacial score (nSPS) is 11.8. The molecular formula is C10H9ClN2O2S. The number of anilines is 2. The number of hydrogen-bond acceptors (Lipinski definition) is 4. The zero-order valence-corrected chi connectivity index (χ0v) is 9.72. The highest BCUT2D eigenvalue weighted by Gasteiger charge is 2.19. The molecule has 0 bridgehead atoms. The van der Waals surface area contributed by atoms with Crippen molar-refractivity contribution in [3.8, 4) is 0 Å². The predicted molar refractivity (Wildman–Crippen MR) is 65.8 cm³/mol. The molecular weight excluding hydrogens is 248 g/mol. The molecule has 0 heterocycles. The third-order valence-corrected chi connectivity index (χ3v) is 3.71. The number of nitrogen functional groups attached to an aromatic ring is 2. The van der Waals surface area contributed by atoms with E-state index >= 15 is 0 Å². The third kappa shape index (κ3) is 1.68. The summed E-state index contributed by atoms with van der Waals surface area (Å²) in [7, 11) is 1.44. The van der Waals surface area contributed by atoms with Gasteiger partial charge in [0.1, 0.15) is 4.90 Å². The van der Waals surface area contributed by atoms with E-state index in [2.05, 4.69) is 0 Å². The van der Waals surface area contributed by atoms with E-state index in [0.717, 1.165) is 0 Å². The number of halogens is 1. The highest BCUT2D eigenvalue weighted by molar-refractivity contribution is 8.14. The van der Waals surface area contributed by atoms with Gasteiger partial charge in [0.2, 0.25) is 0 Å². The van der Waals surface area contributed by atoms with Crippen molar-refractivity contribution in [1.82, 2.24) is 0 Å². The van der Waals surface area contributed by atoms with Gasteiger partial charge in [-0.25, -0.2) is 8.42 Å². The standard InChI is InChI=1S/C10H9ClN2O2S/c11-16(14,15)10-7-4-2-1-3-6(7)5-8(12)9(10)13/h1-5H,12-13H2. The van der Waals surface area contributed by atoms with Crippen LogP contribution in [0.5, 0.6) is 0 Å². The van der Waals surface area contributed by atoms with E-state index in [0.29, 0.717) is 10.8 Å². The molecule has 0 spiro atoms. The minimum absolute atomic E-state index is 0.00583. The Labute approximate surface area is 97.2 Å². The SMILES string of the molecule is Nc1cc2ccccc2c(S(=O)(=O)Cl)c1N. The largest absolute Gasteiger partial charge is 0.397 e. The Balaban J connectivity index is 3.05. The first-order valence-corrected chi connectivity index (χ1v) is 6.73. The lowest BCUT2D eigenvalue weighted by Gasteiger charge is -2.09. The van der Waals surface area contributed by atoms with E-state index in [-0.39, 0.29) is 16.3 Å². The fourth-order valence-electron chi connectivity index (χ4n) is 1.61. The Bertz CT molecular complexity index is 668. The summed E-state index contributed by atoms with van der Waals surface area (Å²) in [5.74, 6) is 0. The van der Waals surface area contributed by atoms with E-state index < -0.39 is 9.05 Å². The molecule has 0 aliphatic carbocycles. The van der Waals surface area contributed by atoms with E-state index in [1.807, 2.05) is 0 Å². The molecule has 0 saturated carbocycles. The molecule has 0 amide bonds. The summed E-state index contributed by atoms with van der Waals surface area (Å²) in [6.45, 7) is 0. The van der Waals surface area contributed by atoms with Gasteiger partial charge in [0.15, 0.2) is 0 Å². The molecule has 0 unspecified atom stereocenters. The average molecular weight is 257 g/mol. The second kappa shape index (κ2) is 3.54. The first kappa shape index (κ1) is 11.0. The van der Waals surface area contributed by atoms with Gasteiger partial charge >= 0.3 is 0 Å². The topological polar surface area (TPSA) is 86.2 Å². The molecule has 84 valence electrons. The van der Waals surface area contributed by atoms with Crippen molar-refractivity contribution in [3.05, 3.63) is 30.3 Å². The first-order valence-electron chi connectivity index (χ1n) is 4.42. The smallest absolute Gasteiger partial charge is 0.264 e. The summed E-state index contributed by atoms with van der Waals surface area (Å²) in [5.41, 5.74) is 11.5. The van der Waals surface area contributed by atoms with E-state index in [4.69, 9.17) is 22.1 Å². The van der Waals surface area contributed by atoms with E-state index in [9.17, 15) is 8.42 Å². The monoisotopic (exact) mass is 256 g/mol. The molecule has 0 aliphatic rings. The van der Waals surface area contributed by atoms with Crippen LogP contribution in [0, 0.1) is 0 Å². The van der Waals surface area contributed by atoms with Gasteiger partial charge in [-0.1, -0.05) is 24.3 Å². The van der Waals surface area contributed by atoms with Crippen molar-refractivity contribution < 1.29 is 8.42 Å². The molecule has 16 heavy (non-hydrogen) atoms. The summed E-state index contributed by atoms with van der Waals surface area (Å²) in [5, 5.41) is 1.16. The Hall–Kier alpha value is -1.46. The summed E-state index contributed by atoms with van der Waals surface area (Å²) in [6, 6.07) is 8.50. The van der Waals surface area contributed by atoms with E-state index in [1.165, 1.54) is 0 Å². The van der Waals surface area contributed by atoms with Gasteiger partial charge < -0.3 is 11.5 Å². The molecule has 4 nitrogen and oxygen atoms in total. The maximum atomic E-state index is 11.4. The van der Waals surface area contributed by atoms with Crippen LogP contribution in [-0.2, 0) is 9.05 Å². The first-order chi connectivity index (χ1) is 7.41. The minimum Gasteiger partial charge on any atom is -0.397 e. The van der Waals surface area contributed by atoms with Crippen LogP contribution >= 0.6 is 10.7 Å². The van der Waals surface area contributed by atoms with E-state index in [1.54, 1.807) is 30.3 Å². The lowest BCUT2D eigenvalue weighted by Crippen LogP contribution is -2.03. The van der Waals surface area contributed by atoms with Crippen molar-refractivity contribution >= 4 is 41.9 Å². The Morgan fingerprint density at radius 1 is 1.12 bits per heavy atom. The molecule has 4 N–H and O–H groups in total. The second-order valence-electron chi connectivity index (χ2n) is 3.37. The number of nitrogens with two attached hydrogens (primary N) is 2. The Morgan fingerprint density at radius 3 is 2.38 bits per heavy atom. The number of hydrogen-bond donors (Lipinski definition) is 2. The zero-order chi connectivity index (χ0) is 11.9. The van der Waals surface area contributed by atoms with Crippen LogP contribution in [0.2, 0.25) is 0 Å². The van der Waals surface area contributed by atoms with Crippen LogP contribution in [0.25, 0.3) is 10.8 Å². The number of fused-ring (bicyclic) bond motifs is 1. The van der Waals surface area contributed by atoms with Gasteiger partial charge in [0.05, 0.1) is 11.4 Å². The van der Waals surface area contributed by atoms with Crippen LogP contribution in [0.1, 0.15) is 0 Å². The van der Waals surface area contributed by atoms with Gasteiger partial charge in [-0.2, -0.15) is 0 Å². The fraction of sp³-hybridized carbons (Fsp3) is 0. The average Bonchev–Trinajstić information content (AvgIpc) is 2.17. The molecule has 0 radical (unpaired) electrons. The molecule has 0 aliphatic heterocycles. The van der Waals surface area contributed by atoms with Crippen molar-refractivity contribution in [3.63, 3.8) is 0 Å². The quantitative estimate of drug-likeness (QED) is 0.603. The Morgan fingerprint density at radius 2 is 1.75 bits per heavy atom. The maximum Gasteiger partial charge on any atom is 0.264 e. The summed E-state index contributed by atoms with van der Waals surface area (Å²) >= 11 is 0. The molecule has 0 fully saturated rings. The predicted octanol–water partition coefficient (Wildman–Crippen LogP) is 1.93. The van der Waals surface area contributed by atoms with Crippen molar-refractivity contribution in [1.29, 1.82) is 0 Å². The summed E-state index contributed by atoms with van der Waals surface area (Å²) in [4.78, 5) is -0.121. The molecule has 0 aromatic heterocycles. The zero-order valence-electron chi connectivity index (χ0n) is 8.14. The highest BCUT2D eigenvalue weighted by atomic mass is 35.7.